The van der Waals surface area contributed by atoms with Crippen LogP contribution in [0.3, 0.4) is 0 Å². The maximum atomic E-state index is 9.44. The van der Waals surface area contributed by atoms with Gasteiger partial charge in [0.1, 0.15) is 5.58 Å². The third-order valence-corrected chi connectivity index (χ3v) is 3.86. The van der Waals surface area contributed by atoms with Gasteiger partial charge in [-0.05, 0) is 33.0 Å². The lowest BCUT2D eigenvalue weighted by atomic mass is 9.90. The number of hydrogen-bond donors (Lipinski definition) is 0. The number of nitriles is 1. The Hall–Kier alpha value is -1.79. The van der Waals surface area contributed by atoms with Gasteiger partial charge in [-0.1, -0.05) is 18.2 Å². The predicted octanol–water partition coefficient (Wildman–Crippen LogP) is 3.34. The molecule has 3 rings (SSSR count). The van der Waals surface area contributed by atoms with Crippen LogP contribution in [0, 0.1) is 16.7 Å². The number of nitrogens with zero attached hydrogens (tertiary/aromatic N) is 2. The molecule has 1 saturated carbocycles. The first-order chi connectivity index (χ1) is 8.68. The molecule has 0 radical (unpaired) electrons. The molecule has 0 aliphatic heterocycles. The second-order valence-electron chi connectivity index (χ2n) is 5.32. The predicted molar refractivity (Wildman–Crippen MR) is 69.9 cm³/mol. The molecule has 3 nitrogen and oxygen atoms in total. The Labute approximate surface area is 107 Å². The zero-order valence-corrected chi connectivity index (χ0v) is 10.7. The van der Waals surface area contributed by atoms with Crippen molar-refractivity contribution in [3.8, 4) is 6.07 Å². The topological polar surface area (TPSA) is 40.2 Å². The molecular formula is C15H16N2O. The van der Waals surface area contributed by atoms with Crippen molar-refractivity contribution in [2.45, 2.75) is 18.9 Å². The fraction of sp³-hybridized carbons (Fsp3) is 0.400. The minimum atomic E-state index is -0.226. The van der Waals surface area contributed by atoms with E-state index in [0.717, 1.165) is 29.4 Å². The summed E-state index contributed by atoms with van der Waals surface area (Å²) in [7, 11) is 4.06. The van der Waals surface area contributed by atoms with Crippen LogP contribution >= 0.6 is 0 Å². The van der Waals surface area contributed by atoms with Gasteiger partial charge in [0.25, 0.3) is 0 Å². The Morgan fingerprint density at radius 3 is 2.67 bits per heavy atom. The van der Waals surface area contributed by atoms with Crippen molar-refractivity contribution in [1.29, 1.82) is 5.26 Å². The molecule has 18 heavy (non-hydrogen) atoms. The van der Waals surface area contributed by atoms with Crippen molar-refractivity contribution in [3.63, 3.8) is 0 Å². The molecule has 1 unspecified atom stereocenters. The lowest BCUT2D eigenvalue weighted by Gasteiger charge is -2.27. The molecule has 1 aromatic carbocycles. The fourth-order valence-corrected chi connectivity index (χ4v) is 2.86. The first-order valence-corrected chi connectivity index (χ1v) is 6.22. The van der Waals surface area contributed by atoms with Crippen LogP contribution in [0.1, 0.15) is 24.4 Å². The van der Waals surface area contributed by atoms with Crippen LogP contribution in [0.2, 0.25) is 0 Å². The monoisotopic (exact) mass is 240 g/mol. The van der Waals surface area contributed by atoms with Gasteiger partial charge in [0, 0.05) is 10.9 Å². The summed E-state index contributed by atoms with van der Waals surface area (Å²) in [5, 5.41) is 10.6. The van der Waals surface area contributed by atoms with Crippen LogP contribution in [-0.4, -0.2) is 19.0 Å². The molecule has 3 heteroatoms. The van der Waals surface area contributed by atoms with Gasteiger partial charge >= 0.3 is 0 Å². The number of furan rings is 1. The van der Waals surface area contributed by atoms with E-state index in [1.807, 2.05) is 38.6 Å². The van der Waals surface area contributed by atoms with Gasteiger partial charge in [-0.3, -0.25) is 0 Å². The minimum absolute atomic E-state index is 0.117. The van der Waals surface area contributed by atoms with E-state index in [4.69, 9.17) is 4.42 Å². The van der Waals surface area contributed by atoms with Gasteiger partial charge in [0.05, 0.1) is 23.8 Å². The van der Waals surface area contributed by atoms with Gasteiger partial charge in [-0.25, -0.2) is 0 Å². The summed E-state index contributed by atoms with van der Waals surface area (Å²) in [6.45, 7) is 0. The number of para-hydroxylation sites is 1. The zero-order valence-electron chi connectivity index (χ0n) is 10.7. The van der Waals surface area contributed by atoms with Crippen LogP contribution in [0.25, 0.3) is 11.0 Å². The SMILES string of the molecule is CN(C)C(c1coc2ccccc12)C1(C#N)CC1. The standard InChI is InChI=1S/C15H16N2O/c1-17(2)14(15(10-16)7-8-15)12-9-18-13-6-4-3-5-11(12)13/h3-6,9,14H,7-8H2,1-2H3. The van der Waals surface area contributed by atoms with Crippen molar-refractivity contribution in [1.82, 2.24) is 4.90 Å². The molecule has 92 valence electrons. The Morgan fingerprint density at radius 2 is 2.06 bits per heavy atom. The Morgan fingerprint density at radius 1 is 1.33 bits per heavy atom. The smallest absolute Gasteiger partial charge is 0.134 e. The molecule has 1 aliphatic carbocycles. The lowest BCUT2D eigenvalue weighted by Crippen LogP contribution is -2.27. The summed E-state index contributed by atoms with van der Waals surface area (Å²) in [5.41, 5.74) is 1.80. The van der Waals surface area contributed by atoms with E-state index >= 15 is 0 Å². The van der Waals surface area contributed by atoms with Gasteiger partial charge in [-0.15, -0.1) is 0 Å². The maximum Gasteiger partial charge on any atom is 0.134 e. The normalized spacial score (nSPS) is 18.8. The fourth-order valence-electron chi connectivity index (χ4n) is 2.86. The maximum absolute atomic E-state index is 9.44. The first-order valence-electron chi connectivity index (χ1n) is 6.22. The molecule has 0 amide bonds. The van der Waals surface area contributed by atoms with Crippen LogP contribution in [0.5, 0.6) is 0 Å². The quantitative estimate of drug-likeness (QED) is 0.826. The summed E-state index contributed by atoms with van der Waals surface area (Å²) in [6.07, 6.45) is 3.77. The van der Waals surface area contributed by atoms with Crippen LogP contribution in [0.15, 0.2) is 34.9 Å². The van der Waals surface area contributed by atoms with Crippen molar-refractivity contribution < 1.29 is 4.42 Å². The van der Waals surface area contributed by atoms with E-state index in [1.165, 1.54) is 0 Å². The van der Waals surface area contributed by atoms with Crippen molar-refractivity contribution in [3.05, 3.63) is 36.1 Å². The summed E-state index contributed by atoms with van der Waals surface area (Å²) in [6, 6.07) is 10.6. The third-order valence-electron chi connectivity index (χ3n) is 3.86. The number of fused-ring (bicyclic) bond motifs is 1. The summed E-state index contributed by atoms with van der Waals surface area (Å²) in [5.74, 6) is 0. The largest absolute Gasteiger partial charge is 0.464 e. The Bertz CT molecular complexity index is 617. The van der Waals surface area contributed by atoms with Crippen molar-refractivity contribution in [2.24, 2.45) is 5.41 Å². The number of rotatable bonds is 3. The molecule has 0 bridgehead atoms. The molecule has 1 aromatic heterocycles. The van der Waals surface area contributed by atoms with Crippen LogP contribution in [0.4, 0.5) is 0 Å². The molecule has 0 N–H and O–H groups in total. The van der Waals surface area contributed by atoms with Crippen LogP contribution in [-0.2, 0) is 0 Å². The average molecular weight is 240 g/mol. The number of hydrogen-bond acceptors (Lipinski definition) is 3. The highest BCUT2D eigenvalue weighted by Gasteiger charge is 2.52. The second kappa shape index (κ2) is 3.86. The van der Waals surface area contributed by atoms with Gasteiger partial charge in [-0.2, -0.15) is 5.26 Å². The summed E-state index contributed by atoms with van der Waals surface area (Å²) >= 11 is 0. The average Bonchev–Trinajstić information content (AvgIpc) is 3.04. The molecule has 0 spiro atoms. The molecule has 1 heterocycles. The van der Waals surface area contributed by atoms with E-state index in [-0.39, 0.29) is 11.5 Å². The summed E-state index contributed by atoms with van der Waals surface area (Å²) in [4.78, 5) is 2.13. The van der Waals surface area contributed by atoms with E-state index in [2.05, 4.69) is 17.0 Å². The molecule has 0 saturated heterocycles. The molecule has 1 fully saturated rings. The zero-order chi connectivity index (χ0) is 12.8. The first kappa shape index (κ1) is 11.3. The summed E-state index contributed by atoms with van der Waals surface area (Å²) < 4.78 is 5.61. The van der Waals surface area contributed by atoms with Crippen molar-refractivity contribution in [2.75, 3.05) is 14.1 Å². The third kappa shape index (κ3) is 1.53. The molecular weight excluding hydrogens is 224 g/mol. The van der Waals surface area contributed by atoms with Gasteiger partial charge in [0.15, 0.2) is 0 Å². The Kier molecular flexibility index (Phi) is 2.42. The molecule has 2 aromatic rings. The highest BCUT2D eigenvalue weighted by Crippen LogP contribution is 2.57. The molecule has 1 atom stereocenters. The van der Waals surface area contributed by atoms with E-state index < -0.39 is 0 Å². The minimum Gasteiger partial charge on any atom is -0.464 e. The van der Waals surface area contributed by atoms with E-state index in [9.17, 15) is 5.26 Å². The van der Waals surface area contributed by atoms with Crippen molar-refractivity contribution >= 4 is 11.0 Å². The molecule has 1 aliphatic rings. The van der Waals surface area contributed by atoms with Gasteiger partial charge in [0.2, 0.25) is 0 Å². The van der Waals surface area contributed by atoms with Crippen LogP contribution < -0.4 is 0 Å². The van der Waals surface area contributed by atoms with E-state index in [1.54, 1.807) is 0 Å². The Balaban J connectivity index is 2.14. The highest BCUT2D eigenvalue weighted by atomic mass is 16.3. The van der Waals surface area contributed by atoms with E-state index in [0.29, 0.717) is 0 Å². The second-order valence-corrected chi connectivity index (χ2v) is 5.32. The number of benzene rings is 1. The highest BCUT2D eigenvalue weighted by molar-refractivity contribution is 5.81. The van der Waals surface area contributed by atoms with Gasteiger partial charge < -0.3 is 9.32 Å². The lowest BCUT2D eigenvalue weighted by molar-refractivity contribution is 0.232.